The van der Waals surface area contributed by atoms with Gasteiger partial charge >= 0.3 is 0 Å². The first kappa shape index (κ1) is 16.5. The normalized spacial score (nSPS) is 29.0. The Morgan fingerprint density at radius 1 is 1.22 bits per heavy atom. The summed E-state index contributed by atoms with van der Waals surface area (Å²) in [5, 5.41) is 0. The van der Waals surface area contributed by atoms with E-state index in [1.807, 2.05) is 12.1 Å². The predicted octanol–water partition coefficient (Wildman–Crippen LogP) is 3.39. The number of Topliss-reactive ketones (excluding diaryl/α,β-unsaturated/α-hetero) is 1. The Bertz CT molecular complexity index is 721. The van der Waals surface area contributed by atoms with Crippen LogP contribution < -0.4 is 4.72 Å². The zero-order chi connectivity index (χ0) is 16.9. The number of hydrogen-bond acceptors (Lipinski definition) is 3. The van der Waals surface area contributed by atoms with Gasteiger partial charge in [-0.2, -0.15) is 0 Å². The molecule has 23 heavy (non-hydrogen) atoms. The summed E-state index contributed by atoms with van der Waals surface area (Å²) < 4.78 is 28.0. The van der Waals surface area contributed by atoms with Crippen LogP contribution in [0.15, 0.2) is 24.3 Å². The van der Waals surface area contributed by atoms with E-state index in [0.717, 1.165) is 18.4 Å². The lowest BCUT2D eigenvalue weighted by molar-refractivity contribution is -0.128. The van der Waals surface area contributed by atoms with Crippen LogP contribution in [0, 0.1) is 16.7 Å². The van der Waals surface area contributed by atoms with Gasteiger partial charge in [-0.3, -0.25) is 9.52 Å². The van der Waals surface area contributed by atoms with Gasteiger partial charge in [-0.15, -0.1) is 0 Å². The van der Waals surface area contributed by atoms with Gasteiger partial charge in [0, 0.05) is 12.1 Å². The molecule has 0 unspecified atom stereocenters. The number of carbonyl (C=O) groups excluding carboxylic acids is 1. The summed E-state index contributed by atoms with van der Waals surface area (Å²) in [6.45, 7) is 6.17. The van der Waals surface area contributed by atoms with Crippen LogP contribution in [0.2, 0.25) is 0 Å². The highest BCUT2D eigenvalue weighted by Crippen LogP contribution is 2.64. The third-order valence-electron chi connectivity index (χ3n) is 6.21. The van der Waals surface area contributed by atoms with Crippen molar-refractivity contribution in [2.45, 2.75) is 46.5 Å². The minimum atomic E-state index is -3.56. The first-order valence-corrected chi connectivity index (χ1v) is 9.98. The molecule has 2 aliphatic carbocycles. The summed E-state index contributed by atoms with van der Waals surface area (Å²) in [5.41, 5.74) is 0.784. The topological polar surface area (TPSA) is 63.2 Å². The zero-order valence-corrected chi connectivity index (χ0v) is 14.9. The van der Waals surface area contributed by atoms with Crippen LogP contribution in [0.25, 0.3) is 0 Å². The van der Waals surface area contributed by atoms with E-state index in [1.54, 1.807) is 12.1 Å². The molecule has 2 saturated carbocycles. The van der Waals surface area contributed by atoms with Crippen LogP contribution >= 0.6 is 0 Å². The van der Waals surface area contributed by atoms with Crippen molar-refractivity contribution in [3.05, 3.63) is 29.8 Å². The van der Waals surface area contributed by atoms with Crippen molar-refractivity contribution in [1.29, 1.82) is 0 Å². The maximum Gasteiger partial charge on any atom is 0.233 e. The summed E-state index contributed by atoms with van der Waals surface area (Å²) in [7, 11) is -3.56. The molecule has 0 spiro atoms. The maximum atomic E-state index is 12.7. The van der Waals surface area contributed by atoms with Crippen LogP contribution in [0.3, 0.4) is 0 Å². The van der Waals surface area contributed by atoms with E-state index >= 15 is 0 Å². The number of ketones is 1. The molecule has 0 heterocycles. The summed E-state index contributed by atoms with van der Waals surface area (Å²) in [5.74, 6) is 0.359. The minimum Gasteiger partial charge on any atom is -0.299 e. The second kappa shape index (κ2) is 5.33. The molecule has 126 valence electrons. The molecule has 1 N–H and O–H groups in total. The Balaban J connectivity index is 1.82. The van der Waals surface area contributed by atoms with E-state index in [0.29, 0.717) is 24.4 Å². The second-order valence-electron chi connectivity index (χ2n) is 7.58. The van der Waals surface area contributed by atoms with Crippen LogP contribution in [0.5, 0.6) is 0 Å². The minimum absolute atomic E-state index is 0.0993. The van der Waals surface area contributed by atoms with E-state index in [-0.39, 0.29) is 17.0 Å². The average Bonchev–Trinajstić information content (AvgIpc) is 2.81. The van der Waals surface area contributed by atoms with Gasteiger partial charge in [-0.25, -0.2) is 8.42 Å². The van der Waals surface area contributed by atoms with E-state index in [2.05, 4.69) is 25.5 Å². The SMILES string of the molecule is CCc1ccc(NS(=O)(=O)C[C@]23CC[C@@H](CC2=O)C3(C)C)cc1. The summed E-state index contributed by atoms with van der Waals surface area (Å²) >= 11 is 0. The Kier molecular flexibility index (Phi) is 3.82. The van der Waals surface area contributed by atoms with Crippen molar-refractivity contribution >= 4 is 21.5 Å². The number of benzene rings is 1. The number of sulfonamides is 1. The maximum absolute atomic E-state index is 12.7. The average molecular weight is 335 g/mol. The largest absolute Gasteiger partial charge is 0.299 e. The quantitative estimate of drug-likeness (QED) is 0.897. The van der Waals surface area contributed by atoms with E-state index < -0.39 is 15.4 Å². The van der Waals surface area contributed by atoms with Gasteiger partial charge in [0.05, 0.1) is 11.2 Å². The highest BCUT2D eigenvalue weighted by Gasteiger charge is 2.65. The summed E-state index contributed by atoms with van der Waals surface area (Å²) in [6.07, 6.45) is 3.10. The Morgan fingerprint density at radius 2 is 1.87 bits per heavy atom. The molecule has 1 aromatic rings. The van der Waals surface area contributed by atoms with Crippen LogP contribution in [0.4, 0.5) is 5.69 Å². The van der Waals surface area contributed by atoms with Gasteiger partial charge < -0.3 is 0 Å². The summed E-state index contributed by atoms with van der Waals surface area (Å²) in [6, 6.07) is 7.42. The molecule has 5 heteroatoms. The van der Waals surface area contributed by atoms with Crippen molar-refractivity contribution in [3.8, 4) is 0 Å². The first-order chi connectivity index (χ1) is 10.7. The van der Waals surface area contributed by atoms with Crippen LogP contribution in [0.1, 0.15) is 45.6 Å². The molecule has 1 aromatic carbocycles. The van der Waals surface area contributed by atoms with Crippen molar-refractivity contribution < 1.29 is 13.2 Å². The molecule has 0 aromatic heterocycles. The van der Waals surface area contributed by atoms with Gasteiger partial charge in [0.2, 0.25) is 10.0 Å². The van der Waals surface area contributed by atoms with Crippen molar-refractivity contribution in [2.75, 3.05) is 10.5 Å². The molecular weight excluding hydrogens is 310 g/mol. The second-order valence-corrected chi connectivity index (χ2v) is 9.30. The van der Waals surface area contributed by atoms with Gasteiger partial charge in [0.25, 0.3) is 0 Å². The number of nitrogens with one attached hydrogen (secondary N) is 1. The number of aryl methyl sites for hydroxylation is 1. The molecular formula is C18H25NO3S. The fraction of sp³-hybridized carbons (Fsp3) is 0.611. The Hall–Kier alpha value is -1.36. The fourth-order valence-corrected chi connectivity index (χ4v) is 6.35. The smallest absolute Gasteiger partial charge is 0.233 e. The molecule has 2 atom stereocenters. The summed E-state index contributed by atoms with van der Waals surface area (Å²) in [4.78, 5) is 12.5. The van der Waals surface area contributed by atoms with Crippen molar-refractivity contribution in [3.63, 3.8) is 0 Å². The molecule has 0 aliphatic heterocycles. The Labute approximate surface area is 138 Å². The number of fused-ring (bicyclic) bond motifs is 2. The van der Waals surface area contributed by atoms with E-state index in [1.165, 1.54) is 0 Å². The highest BCUT2D eigenvalue weighted by atomic mass is 32.2. The lowest BCUT2D eigenvalue weighted by atomic mass is 9.70. The zero-order valence-electron chi connectivity index (χ0n) is 14.1. The van der Waals surface area contributed by atoms with Crippen molar-refractivity contribution in [2.24, 2.45) is 16.7 Å². The monoisotopic (exact) mass is 335 g/mol. The van der Waals surface area contributed by atoms with Gasteiger partial charge in [0.15, 0.2) is 0 Å². The number of hydrogen-bond donors (Lipinski definition) is 1. The first-order valence-electron chi connectivity index (χ1n) is 8.33. The highest BCUT2D eigenvalue weighted by molar-refractivity contribution is 7.92. The lowest BCUT2D eigenvalue weighted by Crippen LogP contribution is -2.43. The third kappa shape index (κ3) is 2.59. The third-order valence-corrected chi connectivity index (χ3v) is 7.63. The Morgan fingerprint density at radius 3 is 2.35 bits per heavy atom. The van der Waals surface area contributed by atoms with Gasteiger partial charge in [-0.1, -0.05) is 32.9 Å². The van der Waals surface area contributed by atoms with E-state index in [9.17, 15) is 13.2 Å². The molecule has 0 saturated heterocycles. The van der Waals surface area contributed by atoms with Gasteiger partial charge in [-0.05, 0) is 48.3 Å². The van der Waals surface area contributed by atoms with Crippen LogP contribution in [-0.4, -0.2) is 20.0 Å². The molecule has 0 amide bonds. The fourth-order valence-electron chi connectivity index (χ4n) is 4.46. The van der Waals surface area contributed by atoms with E-state index in [4.69, 9.17) is 0 Å². The number of anilines is 1. The molecule has 0 radical (unpaired) electrons. The molecule has 2 aliphatic rings. The number of rotatable bonds is 5. The molecule has 2 bridgehead atoms. The molecule has 2 fully saturated rings. The van der Waals surface area contributed by atoms with Crippen LogP contribution in [-0.2, 0) is 21.2 Å². The van der Waals surface area contributed by atoms with Crippen molar-refractivity contribution in [1.82, 2.24) is 0 Å². The molecule has 3 rings (SSSR count). The van der Waals surface area contributed by atoms with Gasteiger partial charge in [0.1, 0.15) is 5.78 Å². The lowest BCUT2D eigenvalue weighted by Gasteiger charge is -2.36. The predicted molar refractivity (Wildman–Crippen MR) is 91.8 cm³/mol. The standard InChI is InChI=1S/C18H25NO3S/c1-4-13-5-7-15(8-6-13)19-23(21,22)12-18-10-9-14(11-16(18)20)17(18,2)3/h5-8,14,19H,4,9-12H2,1-3H3/t14-,18+/m0/s1. The molecule has 4 nitrogen and oxygen atoms in total. The number of carbonyl (C=O) groups is 1.